The molecule has 2 amide bonds. The smallest absolute Gasteiger partial charge is 0.322 e. The lowest BCUT2D eigenvalue weighted by Gasteiger charge is -2.29. The number of anilines is 1. The lowest BCUT2D eigenvalue weighted by atomic mass is 10.1. The maximum absolute atomic E-state index is 12.5. The third kappa shape index (κ3) is 3.05. The molecule has 2 aromatic rings. The normalized spacial score (nSPS) is 16.4. The van der Waals surface area contributed by atoms with Crippen LogP contribution in [-0.2, 0) is 13.6 Å². The molecule has 116 valence electrons. The molecule has 2 heterocycles. The van der Waals surface area contributed by atoms with Crippen molar-refractivity contribution in [2.75, 3.05) is 11.9 Å². The molecule has 0 saturated carbocycles. The molecule has 1 aromatic carbocycles. The van der Waals surface area contributed by atoms with Crippen LogP contribution in [0.5, 0.6) is 5.75 Å². The zero-order chi connectivity index (χ0) is 15.7. The van der Waals surface area contributed by atoms with Gasteiger partial charge in [0.15, 0.2) is 0 Å². The van der Waals surface area contributed by atoms with Crippen molar-refractivity contribution in [3.05, 3.63) is 42.2 Å². The molecule has 1 aliphatic rings. The SMILES string of the molecule is Cn1cc(NC(=O)N2Cc3ccccc3OC(C)(C)C2)cn1. The summed E-state index contributed by atoms with van der Waals surface area (Å²) in [5, 5.41) is 6.93. The molecule has 0 saturated heterocycles. The van der Waals surface area contributed by atoms with E-state index in [1.165, 1.54) is 0 Å². The van der Waals surface area contributed by atoms with Gasteiger partial charge in [-0.15, -0.1) is 0 Å². The largest absolute Gasteiger partial charge is 0.486 e. The fraction of sp³-hybridized carbons (Fsp3) is 0.375. The Morgan fingerprint density at radius 1 is 1.36 bits per heavy atom. The van der Waals surface area contributed by atoms with Gasteiger partial charge in [-0.1, -0.05) is 18.2 Å². The Hall–Kier alpha value is -2.50. The van der Waals surface area contributed by atoms with E-state index in [1.54, 1.807) is 22.0 Å². The Kier molecular flexibility index (Phi) is 3.52. The van der Waals surface area contributed by atoms with E-state index in [1.807, 2.05) is 45.2 Å². The summed E-state index contributed by atoms with van der Waals surface area (Å²) in [5.41, 5.74) is 1.25. The van der Waals surface area contributed by atoms with Crippen LogP contribution >= 0.6 is 0 Å². The highest BCUT2D eigenvalue weighted by molar-refractivity contribution is 5.89. The Labute approximate surface area is 129 Å². The monoisotopic (exact) mass is 300 g/mol. The number of fused-ring (bicyclic) bond motifs is 1. The third-order valence-electron chi connectivity index (χ3n) is 3.54. The molecular weight excluding hydrogens is 280 g/mol. The van der Waals surface area contributed by atoms with Gasteiger partial charge in [-0.2, -0.15) is 5.10 Å². The van der Waals surface area contributed by atoms with Gasteiger partial charge >= 0.3 is 6.03 Å². The van der Waals surface area contributed by atoms with Crippen LogP contribution < -0.4 is 10.1 Å². The van der Waals surface area contributed by atoms with Gasteiger partial charge in [0.2, 0.25) is 0 Å². The molecule has 0 atom stereocenters. The first-order chi connectivity index (χ1) is 10.4. The van der Waals surface area contributed by atoms with Crippen LogP contribution in [0.25, 0.3) is 0 Å². The van der Waals surface area contributed by atoms with Gasteiger partial charge in [0.1, 0.15) is 11.4 Å². The predicted molar refractivity (Wildman–Crippen MR) is 83.8 cm³/mol. The lowest BCUT2D eigenvalue weighted by molar-refractivity contribution is 0.0835. The van der Waals surface area contributed by atoms with E-state index in [-0.39, 0.29) is 6.03 Å². The van der Waals surface area contributed by atoms with Crippen molar-refractivity contribution in [2.45, 2.75) is 26.0 Å². The average Bonchev–Trinajstić information content (AvgIpc) is 2.78. The van der Waals surface area contributed by atoms with Crippen LogP contribution in [0.1, 0.15) is 19.4 Å². The van der Waals surface area contributed by atoms with E-state index in [4.69, 9.17) is 4.74 Å². The maximum atomic E-state index is 12.5. The minimum absolute atomic E-state index is 0.152. The number of carbonyl (C=O) groups is 1. The third-order valence-corrected chi connectivity index (χ3v) is 3.54. The predicted octanol–water partition coefficient (Wildman–Crippen LogP) is 2.63. The van der Waals surface area contributed by atoms with Gasteiger partial charge in [0.25, 0.3) is 0 Å². The molecule has 22 heavy (non-hydrogen) atoms. The fourth-order valence-electron chi connectivity index (χ4n) is 2.62. The highest BCUT2D eigenvalue weighted by Crippen LogP contribution is 2.29. The molecule has 6 nitrogen and oxygen atoms in total. The van der Waals surface area contributed by atoms with E-state index in [0.717, 1.165) is 11.3 Å². The molecule has 0 fully saturated rings. The van der Waals surface area contributed by atoms with E-state index >= 15 is 0 Å². The Bertz CT molecular complexity index is 693. The number of nitrogens with one attached hydrogen (secondary N) is 1. The fourth-order valence-corrected chi connectivity index (χ4v) is 2.62. The molecule has 0 bridgehead atoms. The number of para-hydroxylation sites is 1. The van der Waals surface area contributed by atoms with E-state index in [2.05, 4.69) is 10.4 Å². The van der Waals surface area contributed by atoms with Crippen molar-refractivity contribution in [2.24, 2.45) is 7.05 Å². The molecule has 0 spiro atoms. The summed E-state index contributed by atoms with van der Waals surface area (Å²) in [5.74, 6) is 0.837. The number of urea groups is 1. The van der Waals surface area contributed by atoms with Crippen molar-refractivity contribution in [1.29, 1.82) is 0 Å². The van der Waals surface area contributed by atoms with Crippen LogP contribution in [0.3, 0.4) is 0 Å². The standard InChI is InChI=1S/C16H20N4O2/c1-16(2)11-20(9-12-6-4-5-7-14(12)22-16)15(21)18-13-8-17-19(3)10-13/h4-8,10H,9,11H2,1-3H3,(H,18,21). The number of amides is 2. The van der Waals surface area contributed by atoms with Crippen molar-refractivity contribution < 1.29 is 9.53 Å². The van der Waals surface area contributed by atoms with Crippen molar-refractivity contribution in [1.82, 2.24) is 14.7 Å². The highest BCUT2D eigenvalue weighted by Gasteiger charge is 2.31. The first-order valence-corrected chi connectivity index (χ1v) is 7.24. The van der Waals surface area contributed by atoms with Crippen LogP contribution in [0.2, 0.25) is 0 Å². The number of nitrogens with zero attached hydrogens (tertiary/aromatic N) is 3. The van der Waals surface area contributed by atoms with Crippen LogP contribution in [0, 0.1) is 0 Å². The number of benzene rings is 1. The second kappa shape index (κ2) is 5.36. The maximum Gasteiger partial charge on any atom is 0.322 e. The summed E-state index contributed by atoms with van der Waals surface area (Å²) >= 11 is 0. The van der Waals surface area contributed by atoms with Crippen molar-refractivity contribution in [3.63, 3.8) is 0 Å². The first-order valence-electron chi connectivity index (χ1n) is 7.24. The zero-order valence-electron chi connectivity index (χ0n) is 13.0. The molecule has 0 radical (unpaired) electrons. The number of rotatable bonds is 1. The number of carbonyl (C=O) groups excluding carboxylic acids is 1. The van der Waals surface area contributed by atoms with Gasteiger partial charge in [0, 0.05) is 18.8 Å². The summed E-state index contributed by atoms with van der Waals surface area (Å²) < 4.78 is 7.69. The topological polar surface area (TPSA) is 59.4 Å². The zero-order valence-corrected chi connectivity index (χ0v) is 13.0. The van der Waals surface area contributed by atoms with Gasteiger partial charge in [-0.25, -0.2) is 4.79 Å². The van der Waals surface area contributed by atoms with E-state index < -0.39 is 5.60 Å². The van der Waals surface area contributed by atoms with Gasteiger partial charge < -0.3 is 15.0 Å². The van der Waals surface area contributed by atoms with Crippen molar-refractivity contribution >= 4 is 11.7 Å². The number of aryl methyl sites for hydroxylation is 1. The minimum atomic E-state index is -0.446. The highest BCUT2D eigenvalue weighted by atomic mass is 16.5. The van der Waals surface area contributed by atoms with Crippen LogP contribution in [0.4, 0.5) is 10.5 Å². The molecule has 3 rings (SSSR count). The summed E-state index contributed by atoms with van der Waals surface area (Å²) in [6, 6.07) is 7.68. The van der Waals surface area contributed by atoms with Gasteiger partial charge in [-0.3, -0.25) is 4.68 Å². The molecular formula is C16H20N4O2. The number of aromatic nitrogens is 2. The van der Waals surface area contributed by atoms with Crippen LogP contribution in [0.15, 0.2) is 36.7 Å². The quantitative estimate of drug-likeness (QED) is 0.880. The van der Waals surface area contributed by atoms with E-state index in [9.17, 15) is 4.79 Å². The van der Waals surface area contributed by atoms with Crippen molar-refractivity contribution in [3.8, 4) is 5.75 Å². The van der Waals surface area contributed by atoms with Gasteiger partial charge in [-0.05, 0) is 19.9 Å². The lowest BCUT2D eigenvalue weighted by Crippen LogP contribution is -2.44. The van der Waals surface area contributed by atoms with Gasteiger partial charge in [0.05, 0.1) is 25.0 Å². The number of ether oxygens (including phenoxy) is 1. The second-order valence-corrected chi connectivity index (χ2v) is 6.16. The van der Waals surface area contributed by atoms with Crippen LogP contribution in [-0.4, -0.2) is 32.9 Å². The minimum Gasteiger partial charge on any atom is -0.486 e. The molecule has 1 aliphatic heterocycles. The average molecular weight is 300 g/mol. The molecule has 0 unspecified atom stereocenters. The number of hydrogen-bond acceptors (Lipinski definition) is 3. The summed E-state index contributed by atoms with van der Waals surface area (Å²) in [6.07, 6.45) is 3.40. The molecule has 0 aliphatic carbocycles. The van der Waals surface area contributed by atoms with E-state index in [0.29, 0.717) is 18.8 Å². The molecule has 6 heteroatoms. The Morgan fingerprint density at radius 2 is 2.14 bits per heavy atom. The summed E-state index contributed by atoms with van der Waals surface area (Å²) in [4.78, 5) is 14.3. The molecule has 1 aromatic heterocycles. The summed E-state index contributed by atoms with van der Waals surface area (Å²) in [7, 11) is 1.81. The molecule has 1 N–H and O–H groups in total. The Balaban J connectivity index is 1.82. The second-order valence-electron chi connectivity index (χ2n) is 6.16. The first kappa shape index (κ1) is 14.4. The number of hydrogen-bond donors (Lipinski definition) is 1. The summed E-state index contributed by atoms with van der Waals surface area (Å²) in [6.45, 7) is 5.00. The Morgan fingerprint density at radius 3 is 2.86 bits per heavy atom.